The van der Waals surface area contributed by atoms with Crippen LogP contribution in [0.2, 0.25) is 0 Å². The number of hydrogen-bond donors (Lipinski definition) is 0. The van der Waals surface area contributed by atoms with E-state index in [0.717, 1.165) is 42.8 Å². The first-order valence-electron chi connectivity index (χ1n) is 8.32. The van der Waals surface area contributed by atoms with Crippen LogP contribution in [0.25, 0.3) is 0 Å². The second kappa shape index (κ2) is 6.94. The van der Waals surface area contributed by atoms with E-state index in [2.05, 4.69) is 10.1 Å². The van der Waals surface area contributed by atoms with Gasteiger partial charge in [0.1, 0.15) is 0 Å². The summed E-state index contributed by atoms with van der Waals surface area (Å²) < 4.78 is 1.96. The summed E-state index contributed by atoms with van der Waals surface area (Å²) in [7, 11) is 0. The fourth-order valence-corrected chi connectivity index (χ4v) is 3.18. The van der Waals surface area contributed by atoms with Crippen LogP contribution in [0.3, 0.4) is 0 Å². The van der Waals surface area contributed by atoms with E-state index in [1.807, 2.05) is 54.2 Å². The molecule has 1 saturated heterocycles. The Balaban J connectivity index is 1.67. The van der Waals surface area contributed by atoms with Gasteiger partial charge in [0.2, 0.25) is 5.91 Å². The number of nitrogens with zero attached hydrogens (tertiary/aromatic N) is 4. The summed E-state index contributed by atoms with van der Waals surface area (Å²) in [5.74, 6) is 0.198. The largest absolute Gasteiger partial charge is 0.338 e. The summed E-state index contributed by atoms with van der Waals surface area (Å²) >= 11 is 0. The van der Waals surface area contributed by atoms with E-state index < -0.39 is 0 Å². The van der Waals surface area contributed by atoms with Crippen LogP contribution >= 0.6 is 0 Å². The number of aromatic nitrogens is 3. The molecule has 1 unspecified atom stereocenters. The van der Waals surface area contributed by atoms with Crippen molar-refractivity contribution in [1.82, 2.24) is 19.7 Å². The summed E-state index contributed by atoms with van der Waals surface area (Å²) in [6.45, 7) is 5.63. The number of carbonyl (C=O) groups excluding carboxylic acids is 1. The molecule has 0 saturated carbocycles. The second-order valence-electron chi connectivity index (χ2n) is 6.46. The SMILES string of the molecule is Cc1cnn(CC2CCCCN2C(=O)Cc2ccc(C)nc2)c1. The summed E-state index contributed by atoms with van der Waals surface area (Å²) in [4.78, 5) is 19.1. The van der Waals surface area contributed by atoms with Gasteiger partial charge in [-0.05, 0) is 50.3 Å². The van der Waals surface area contributed by atoms with E-state index >= 15 is 0 Å². The Bertz CT molecular complexity index is 662. The van der Waals surface area contributed by atoms with Gasteiger partial charge in [0.05, 0.1) is 25.2 Å². The summed E-state index contributed by atoms with van der Waals surface area (Å²) in [5.41, 5.74) is 3.12. The van der Waals surface area contributed by atoms with Gasteiger partial charge < -0.3 is 4.90 Å². The lowest BCUT2D eigenvalue weighted by molar-refractivity contribution is -0.134. The van der Waals surface area contributed by atoms with E-state index in [-0.39, 0.29) is 11.9 Å². The molecule has 23 heavy (non-hydrogen) atoms. The predicted octanol–water partition coefficient (Wildman–Crippen LogP) is 2.52. The molecule has 3 rings (SSSR count). The maximum Gasteiger partial charge on any atom is 0.227 e. The van der Waals surface area contributed by atoms with Crippen molar-refractivity contribution in [3.63, 3.8) is 0 Å². The number of rotatable bonds is 4. The van der Waals surface area contributed by atoms with Crippen molar-refractivity contribution in [2.24, 2.45) is 0 Å². The average molecular weight is 312 g/mol. The number of piperidine rings is 1. The van der Waals surface area contributed by atoms with Crippen molar-refractivity contribution in [2.45, 2.75) is 52.1 Å². The highest BCUT2D eigenvalue weighted by molar-refractivity contribution is 5.79. The minimum atomic E-state index is 0.198. The third kappa shape index (κ3) is 3.97. The number of amides is 1. The lowest BCUT2D eigenvalue weighted by Gasteiger charge is -2.36. The molecule has 0 radical (unpaired) electrons. The van der Waals surface area contributed by atoms with Crippen molar-refractivity contribution in [2.75, 3.05) is 6.54 Å². The fraction of sp³-hybridized carbons (Fsp3) is 0.500. The van der Waals surface area contributed by atoms with Crippen LogP contribution in [0.15, 0.2) is 30.7 Å². The molecule has 0 spiro atoms. The monoisotopic (exact) mass is 312 g/mol. The van der Waals surface area contributed by atoms with Gasteiger partial charge in [-0.25, -0.2) is 0 Å². The van der Waals surface area contributed by atoms with Gasteiger partial charge in [-0.3, -0.25) is 14.5 Å². The molecule has 2 aromatic rings. The van der Waals surface area contributed by atoms with Gasteiger partial charge in [-0.15, -0.1) is 0 Å². The molecule has 0 aliphatic carbocycles. The van der Waals surface area contributed by atoms with Crippen LogP contribution in [0, 0.1) is 13.8 Å². The molecule has 1 atom stereocenters. The first-order chi connectivity index (χ1) is 11.1. The maximum atomic E-state index is 12.7. The lowest BCUT2D eigenvalue weighted by atomic mass is 10.0. The van der Waals surface area contributed by atoms with E-state index in [1.165, 1.54) is 6.42 Å². The molecule has 122 valence electrons. The second-order valence-corrected chi connectivity index (χ2v) is 6.46. The Morgan fingerprint density at radius 1 is 1.26 bits per heavy atom. The standard InChI is InChI=1S/C18H24N4O/c1-14-10-20-21(12-14)13-17-5-3-4-8-22(17)18(23)9-16-7-6-15(2)19-11-16/h6-7,10-12,17H,3-5,8-9,13H2,1-2H3. The quantitative estimate of drug-likeness (QED) is 0.871. The maximum absolute atomic E-state index is 12.7. The van der Waals surface area contributed by atoms with Crippen molar-refractivity contribution in [1.29, 1.82) is 0 Å². The third-order valence-electron chi connectivity index (χ3n) is 4.44. The molecular weight excluding hydrogens is 288 g/mol. The van der Waals surface area contributed by atoms with Crippen LogP contribution in [-0.4, -0.2) is 38.2 Å². The highest BCUT2D eigenvalue weighted by Crippen LogP contribution is 2.20. The number of likely N-dealkylation sites (tertiary alicyclic amines) is 1. The zero-order chi connectivity index (χ0) is 16.2. The van der Waals surface area contributed by atoms with Gasteiger partial charge in [0, 0.05) is 24.6 Å². The van der Waals surface area contributed by atoms with E-state index in [0.29, 0.717) is 6.42 Å². The van der Waals surface area contributed by atoms with E-state index in [4.69, 9.17) is 0 Å². The van der Waals surface area contributed by atoms with Gasteiger partial charge in [-0.1, -0.05) is 6.07 Å². The molecule has 1 fully saturated rings. The first-order valence-corrected chi connectivity index (χ1v) is 8.32. The van der Waals surface area contributed by atoms with Gasteiger partial charge >= 0.3 is 0 Å². The zero-order valence-electron chi connectivity index (χ0n) is 13.9. The molecule has 1 amide bonds. The molecular formula is C18H24N4O. The number of hydrogen-bond acceptors (Lipinski definition) is 3. The third-order valence-corrected chi connectivity index (χ3v) is 4.44. The van der Waals surface area contributed by atoms with Crippen LogP contribution in [0.4, 0.5) is 0 Å². The molecule has 1 aliphatic heterocycles. The fourth-order valence-electron chi connectivity index (χ4n) is 3.18. The lowest BCUT2D eigenvalue weighted by Crippen LogP contribution is -2.46. The molecule has 1 aliphatic rings. The van der Waals surface area contributed by atoms with Crippen molar-refractivity contribution in [3.8, 4) is 0 Å². The van der Waals surface area contributed by atoms with Crippen LogP contribution in [0.1, 0.15) is 36.1 Å². The van der Waals surface area contributed by atoms with Crippen LogP contribution < -0.4 is 0 Å². The zero-order valence-corrected chi connectivity index (χ0v) is 13.9. The Morgan fingerprint density at radius 3 is 2.83 bits per heavy atom. The van der Waals surface area contributed by atoms with E-state index in [9.17, 15) is 4.79 Å². The summed E-state index contributed by atoms with van der Waals surface area (Å²) in [5, 5.41) is 4.37. The van der Waals surface area contributed by atoms with Gasteiger partial charge in [0.25, 0.3) is 0 Å². The molecule has 0 aromatic carbocycles. The predicted molar refractivity (Wildman–Crippen MR) is 89.0 cm³/mol. The highest BCUT2D eigenvalue weighted by Gasteiger charge is 2.27. The molecule has 5 nitrogen and oxygen atoms in total. The highest BCUT2D eigenvalue weighted by atomic mass is 16.2. The molecule has 5 heteroatoms. The molecule has 0 N–H and O–H groups in total. The van der Waals surface area contributed by atoms with Gasteiger partial charge in [0.15, 0.2) is 0 Å². The smallest absolute Gasteiger partial charge is 0.227 e. The first kappa shape index (κ1) is 15.7. The van der Waals surface area contributed by atoms with Gasteiger partial charge in [-0.2, -0.15) is 5.10 Å². The number of aryl methyl sites for hydroxylation is 2. The molecule has 2 aromatic heterocycles. The van der Waals surface area contributed by atoms with Crippen LogP contribution in [0.5, 0.6) is 0 Å². The topological polar surface area (TPSA) is 51.0 Å². The minimum absolute atomic E-state index is 0.198. The van der Waals surface area contributed by atoms with Crippen LogP contribution in [-0.2, 0) is 17.8 Å². The average Bonchev–Trinajstić information content (AvgIpc) is 2.95. The summed E-state index contributed by atoms with van der Waals surface area (Å²) in [6.07, 6.45) is 9.48. The summed E-state index contributed by atoms with van der Waals surface area (Å²) in [6, 6.07) is 4.20. The van der Waals surface area contributed by atoms with E-state index in [1.54, 1.807) is 0 Å². The van der Waals surface area contributed by atoms with Crippen molar-refractivity contribution < 1.29 is 4.79 Å². The Labute approximate surface area is 137 Å². The Kier molecular flexibility index (Phi) is 4.74. The number of pyridine rings is 1. The molecule has 3 heterocycles. The van der Waals surface area contributed by atoms with Crippen molar-refractivity contribution >= 4 is 5.91 Å². The minimum Gasteiger partial charge on any atom is -0.338 e. The van der Waals surface area contributed by atoms with Crippen molar-refractivity contribution in [3.05, 3.63) is 47.5 Å². The number of carbonyl (C=O) groups is 1. The molecule has 0 bridgehead atoms. The Hall–Kier alpha value is -2.17. The Morgan fingerprint density at radius 2 is 2.13 bits per heavy atom. The normalized spacial score (nSPS) is 18.2.